The van der Waals surface area contributed by atoms with Crippen molar-refractivity contribution in [3.05, 3.63) is 76.9 Å². The summed E-state index contributed by atoms with van der Waals surface area (Å²) in [5.41, 5.74) is 3.41. The van der Waals surface area contributed by atoms with Gasteiger partial charge in [0.25, 0.3) is 5.78 Å². The Morgan fingerprint density at radius 2 is 1.72 bits per heavy atom. The fourth-order valence-corrected chi connectivity index (χ4v) is 3.61. The maximum Gasteiger partial charge on any atom is 0.253 e. The first-order valence-corrected chi connectivity index (χ1v) is 11.2. The maximum atomic E-state index is 13.0. The van der Waals surface area contributed by atoms with E-state index in [1.54, 1.807) is 16.6 Å². The van der Waals surface area contributed by atoms with Crippen molar-refractivity contribution in [2.75, 3.05) is 6.26 Å². The standard InChI is InChI=1S/C23H22FN5O2S/c1-14-20(15(2)29-22(26-14)27-23(28-29)32-3)12-21(30)25-13-16-4-8-18(9-5-16)31-19-10-6-17(24)7-11-19/h4-11H,12-13H2,1-3H3,(H,25,30). The quantitative estimate of drug-likeness (QED) is 0.423. The second-order valence-corrected chi connectivity index (χ2v) is 8.00. The third-order valence-electron chi connectivity index (χ3n) is 5.01. The number of aryl methyl sites for hydroxylation is 2. The van der Waals surface area contributed by atoms with Crippen molar-refractivity contribution < 1.29 is 13.9 Å². The lowest BCUT2D eigenvalue weighted by atomic mass is 10.1. The van der Waals surface area contributed by atoms with Crippen molar-refractivity contribution in [3.8, 4) is 11.5 Å². The van der Waals surface area contributed by atoms with Crippen molar-refractivity contribution in [3.63, 3.8) is 0 Å². The van der Waals surface area contributed by atoms with E-state index in [0.29, 0.717) is 29.0 Å². The maximum absolute atomic E-state index is 13.0. The summed E-state index contributed by atoms with van der Waals surface area (Å²) in [4.78, 5) is 21.4. The molecule has 2 aromatic heterocycles. The topological polar surface area (TPSA) is 81.4 Å². The number of halogens is 1. The third-order valence-corrected chi connectivity index (χ3v) is 5.55. The number of hydrogen-bond acceptors (Lipinski definition) is 6. The fourth-order valence-electron chi connectivity index (χ4n) is 3.27. The summed E-state index contributed by atoms with van der Waals surface area (Å²) in [7, 11) is 0. The number of benzene rings is 2. The predicted octanol–water partition coefficient (Wildman–Crippen LogP) is 4.25. The molecule has 1 N–H and O–H groups in total. The molecule has 9 heteroatoms. The molecule has 0 unspecified atom stereocenters. The molecule has 0 spiro atoms. The molecular weight excluding hydrogens is 429 g/mol. The Labute approximate surface area is 189 Å². The van der Waals surface area contributed by atoms with Crippen LogP contribution < -0.4 is 10.1 Å². The van der Waals surface area contributed by atoms with Gasteiger partial charge in [0.15, 0.2) is 0 Å². The molecule has 0 atom stereocenters. The molecule has 4 aromatic rings. The van der Waals surface area contributed by atoms with Gasteiger partial charge in [0.05, 0.1) is 6.42 Å². The molecule has 0 aliphatic heterocycles. The minimum atomic E-state index is -0.310. The molecule has 0 bridgehead atoms. The monoisotopic (exact) mass is 451 g/mol. The van der Waals surface area contributed by atoms with Crippen LogP contribution in [0.3, 0.4) is 0 Å². The number of nitrogens with zero attached hydrogens (tertiary/aromatic N) is 4. The fraction of sp³-hybridized carbons (Fsp3) is 0.217. The van der Waals surface area contributed by atoms with Gasteiger partial charge in [-0.25, -0.2) is 13.9 Å². The molecule has 0 radical (unpaired) electrons. The SMILES string of the molecule is CSc1nc2nc(C)c(CC(=O)NCc3ccc(Oc4ccc(F)cc4)cc3)c(C)n2n1. The largest absolute Gasteiger partial charge is 0.457 e. The number of thioether (sulfide) groups is 1. The third kappa shape index (κ3) is 4.88. The Morgan fingerprint density at radius 1 is 1.06 bits per heavy atom. The van der Waals surface area contributed by atoms with Crippen molar-refractivity contribution in [1.82, 2.24) is 24.9 Å². The molecule has 4 rings (SSSR count). The molecule has 7 nitrogen and oxygen atoms in total. The van der Waals surface area contributed by atoms with Crippen LogP contribution in [0.25, 0.3) is 5.78 Å². The Bertz CT molecular complexity index is 1260. The summed E-state index contributed by atoms with van der Waals surface area (Å²) in [6.07, 6.45) is 2.12. The Kier molecular flexibility index (Phi) is 6.36. The lowest BCUT2D eigenvalue weighted by Crippen LogP contribution is -2.25. The first kappa shape index (κ1) is 21.8. The number of rotatable bonds is 7. The van der Waals surface area contributed by atoms with Crippen LogP contribution in [0.4, 0.5) is 4.39 Å². The number of aromatic nitrogens is 4. The number of carbonyl (C=O) groups is 1. The lowest BCUT2D eigenvalue weighted by Gasteiger charge is -2.11. The minimum Gasteiger partial charge on any atom is -0.457 e. The normalized spacial score (nSPS) is 11.0. The number of amides is 1. The molecule has 2 heterocycles. The zero-order valence-electron chi connectivity index (χ0n) is 17.9. The second kappa shape index (κ2) is 9.35. The van der Waals surface area contributed by atoms with Crippen LogP contribution >= 0.6 is 11.8 Å². The number of ether oxygens (including phenoxy) is 1. The molecule has 1 amide bonds. The van der Waals surface area contributed by atoms with Gasteiger partial charge in [0, 0.05) is 23.5 Å². The van der Waals surface area contributed by atoms with Gasteiger partial charge >= 0.3 is 0 Å². The van der Waals surface area contributed by atoms with Gasteiger partial charge in [-0.05, 0) is 62.1 Å². The summed E-state index contributed by atoms with van der Waals surface area (Å²) in [6, 6.07) is 13.2. The molecule has 0 saturated carbocycles. The zero-order chi connectivity index (χ0) is 22.7. The summed E-state index contributed by atoms with van der Waals surface area (Å²) in [6.45, 7) is 4.19. The Balaban J connectivity index is 1.37. The second-order valence-electron chi connectivity index (χ2n) is 7.22. The number of hydrogen-bond donors (Lipinski definition) is 1. The smallest absolute Gasteiger partial charge is 0.253 e. The highest BCUT2D eigenvalue weighted by molar-refractivity contribution is 7.98. The van der Waals surface area contributed by atoms with E-state index in [4.69, 9.17) is 4.74 Å². The van der Waals surface area contributed by atoms with Crippen molar-refractivity contribution in [1.29, 1.82) is 0 Å². The van der Waals surface area contributed by atoms with Crippen LogP contribution in [0.15, 0.2) is 53.7 Å². The Morgan fingerprint density at radius 3 is 2.38 bits per heavy atom. The van der Waals surface area contributed by atoms with Gasteiger partial charge in [-0.3, -0.25) is 4.79 Å². The van der Waals surface area contributed by atoms with Gasteiger partial charge in [-0.2, -0.15) is 4.98 Å². The average molecular weight is 452 g/mol. The zero-order valence-corrected chi connectivity index (χ0v) is 18.7. The van der Waals surface area contributed by atoms with E-state index in [9.17, 15) is 9.18 Å². The van der Waals surface area contributed by atoms with Crippen LogP contribution in [0.2, 0.25) is 0 Å². The highest BCUT2D eigenvalue weighted by Crippen LogP contribution is 2.22. The number of nitrogens with one attached hydrogen (secondary N) is 1. The minimum absolute atomic E-state index is 0.103. The first-order chi connectivity index (χ1) is 15.4. The highest BCUT2D eigenvalue weighted by Gasteiger charge is 2.16. The van der Waals surface area contributed by atoms with Gasteiger partial charge < -0.3 is 10.1 Å². The Hall–Kier alpha value is -3.46. The molecule has 0 aliphatic carbocycles. The molecule has 0 fully saturated rings. The van der Waals surface area contributed by atoms with E-state index in [2.05, 4.69) is 20.4 Å². The van der Waals surface area contributed by atoms with E-state index in [0.717, 1.165) is 22.5 Å². The lowest BCUT2D eigenvalue weighted by molar-refractivity contribution is -0.120. The molecule has 32 heavy (non-hydrogen) atoms. The van der Waals surface area contributed by atoms with Gasteiger partial charge in [0.2, 0.25) is 11.1 Å². The van der Waals surface area contributed by atoms with E-state index in [-0.39, 0.29) is 18.1 Å². The summed E-state index contributed by atoms with van der Waals surface area (Å²) >= 11 is 1.45. The predicted molar refractivity (Wildman–Crippen MR) is 121 cm³/mol. The van der Waals surface area contributed by atoms with Crippen LogP contribution in [0, 0.1) is 19.7 Å². The molecule has 0 aliphatic rings. The van der Waals surface area contributed by atoms with Gasteiger partial charge in [0.1, 0.15) is 17.3 Å². The van der Waals surface area contributed by atoms with Crippen molar-refractivity contribution >= 4 is 23.4 Å². The van der Waals surface area contributed by atoms with Crippen LogP contribution in [0.5, 0.6) is 11.5 Å². The van der Waals surface area contributed by atoms with E-state index in [1.807, 2.05) is 44.4 Å². The van der Waals surface area contributed by atoms with Gasteiger partial charge in [-0.1, -0.05) is 23.9 Å². The molecule has 0 saturated heterocycles. The van der Waals surface area contributed by atoms with Crippen LogP contribution in [-0.4, -0.2) is 31.7 Å². The van der Waals surface area contributed by atoms with E-state index >= 15 is 0 Å². The first-order valence-electron chi connectivity index (χ1n) is 9.99. The average Bonchev–Trinajstić information content (AvgIpc) is 3.21. The summed E-state index contributed by atoms with van der Waals surface area (Å²) < 4.78 is 20.4. The molecule has 2 aromatic carbocycles. The van der Waals surface area contributed by atoms with Crippen molar-refractivity contribution in [2.45, 2.75) is 32.0 Å². The molecule has 164 valence electrons. The number of fused-ring (bicyclic) bond motifs is 1. The van der Waals surface area contributed by atoms with Crippen LogP contribution in [0.1, 0.15) is 22.5 Å². The summed E-state index contributed by atoms with van der Waals surface area (Å²) in [5, 5.41) is 8.01. The highest BCUT2D eigenvalue weighted by atomic mass is 32.2. The van der Waals surface area contributed by atoms with Crippen molar-refractivity contribution in [2.24, 2.45) is 0 Å². The van der Waals surface area contributed by atoms with E-state index < -0.39 is 0 Å². The molecular formula is C23H22FN5O2S. The summed E-state index contributed by atoms with van der Waals surface area (Å²) in [5.74, 6) is 1.32. The number of carbonyl (C=O) groups excluding carboxylic acids is 1. The van der Waals surface area contributed by atoms with Crippen LogP contribution in [-0.2, 0) is 17.8 Å². The van der Waals surface area contributed by atoms with E-state index in [1.165, 1.54) is 23.9 Å². The van der Waals surface area contributed by atoms with Gasteiger partial charge in [-0.15, -0.1) is 5.10 Å².